The Morgan fingerprint density at radius 1 is 1.04 bits per heavy atom. The number of likely N-dealkylation sites (tertiary alicyclic amines) is 1. The number of para-hydroxylation sites is 1. The molecule has 4 nitrogen and oxygen atoms in total. The summed E-state index contributed by atoms with van der Waals surface area (Å²) in [4.78, 5) is 13.5. The highest BCUT2D eigenvalue weighted by Gasteiger charge is 2.18. The molecule has 24 heavy (non-hydrogen) atoms. The molecule has 1 saturated heterocycles. The van der Waals surface area contributed by atoms with Gasteiger partial charge in [0.15, 0.2) is 0 Å². The van der Waals surface area contributed by atoms with Crippen molar-refractivity contribution >= 4 is 5.91 Å². The number of rotatable bonds is 8. The van der Waals surface area contributed by atoms with Crippen molar-refractivity contribution < 1.29 is 9.53 Å². The van der Waals surface area contributed by atoms with Gasteiger partial charge in [-0.25, -0.2) is 0 Å². The minimum Gasteiger partial charge on any atom is -0.489 e. The van der Waals surface area contributed by atoms with Gasteiger partial charge in [-0.2, -0.15) is 0 Å². The maximum atomic E-state index is 11.6. The lowest BCUT2D eigenvalue weighted by Crippen LogP contribution is -2.32. The van der Waals surface area contributed by atoms with Crippen molar-refractivity contribution in [2.24, 2.45) is 0 Å². The Bertz CT molecular complexity index is 658. The number of benzene rings is 2. The second-order valence-corrected chi connectivity index (χ2v) is 6.04. The highest BCUT2D eigenvalue weighted by molar-refractivity contribution is 5.78. The molecule has 0 atom stereocenters. The summed E-state index contributed by atoms with van der Waals surface area (Å²) in [6.07, 6.45) is 1.70. The van der Waals surface area contributed by atoms with Gasteiger partial charge in [0.05, 0.1) is 0 Å². The fourth-order valence-electron chi connectivity index (χ4n) is 2.90. The van der Waals surface area contributed by atoms with Crippen molar-refractivity contribution in [3.63, 3.8) is 0 Å². The molecule has 1 fully saturated rings. The molecular weight excluding hydrogens is 300 g/mol. The first kappa shape index (κ1) is 16.5. The predicted molar refractivity (Wildman–Crippen MR) is 94.7 cm³/mol. The number of ether oxygens (including phenoxy) is 1. The second kappa shape index (κ2) is 8.50. The highest BCUT2D eigenvalue weighted by Crippen LogP contribution is 2.19. The first-order valence-corrected chi connectivity index (χ1v) is 8.56. The molecule has 4 heteroatoms. The molecule has 0 aromatic heterocycles. The van der Waals surface area contributed by atoms with E-state index in [-0.39, 0.29) is 5.91 Å². The summed E-state index contributed by atoms with van der Waals surface area (Å²) in [7, 11) is 0. The average molecular weight is 324 g/mol. The molecule has 2 aromatic rings. The number of nitrogens with zero attached hydrogens (tertiary/aromatic N) is 1. The smallest absolute Gasteiger partial charge is 0.222 e. The number of hydrogen-bond donors (Lipinski definition) is 1. The molecule has 1 aliphatic rings. The summed E-state index contributed by atoms with van der Waals surface area (Å²) in [5.41, 5.74) is 2.30. The Morgan fingerprint density at radius 3 is 2.62 bits per heavy atom. The lowest BCUT2D eigenvalue weighted by Gasteiger charge is -2.16. The van der Waals surface area contributed by atoms with E-state index in [1.165, 1.54) is 0 Å². The number of carbonyl (C=O) groups is 1. The largest absolute Gasteiger partial charge is 0.489 e. The van der Waals surface area contributed by atoms with Crippen LogP contribution in [0.15, 0.2) is 54.6 Å². The first-order valence-electron chi connectivity index (χ1n) is 8.56. The maximum absolute atomic E-state index is 11.6. The van der Waals surface area contributed by atoms with Gasteiger partial charge >= 0.3 is 0 Å². The molecule has 0 aliphatic carbocycles. The van der Waals surface area contributed by atoms with E-state index in [0.717, 1.165) is 49.5 Å². The first-order chi connectivity index (χ1) is 11.8. The summed E-state index contributed by atoms with van der Waals surface area (Å²) in [6.45, 7) is 3.80. The van der Waals surface area contributed by atoms with Gasteiger partial charge in [0.1, 0.15) is 12.4 Å². The molecule has 1 heterocycles. The van der Waals surface area contributed by atoms with E-state index in [9.17, 15) is 4.79 Å². The van der Waals surface area contributed by atoms with Crippen LogP contribution in [0.2, 0.25) is 0 Å². The van der Waals surface area contributed by atoms with Crippen LogP contribution < -0.4 is 10.1 Å². The van der Waals surface area contributed by atoms with Crippen LogP contribution in [-0.4, -0.2) is 30.4 Å². The quantitative estimate of drug-likeness (QED) is 0.759. The van der Waals surface area contributed by atoms with Crippen molar-refractivity contribution in [2.45, 2.75) is 26.0 Å². The van der Waals surface area contributed by atoms with Gasteiger partial charge in [0.25, 0.3) is 0 Å². The molecule has 1 aliphatic heterocycles. The fraction of sp³-hybridized carbons (Fsp3) is 0.350. The van der Waals surface area contributed by atoms with E-state index < -0.39 is 0 Å². The van der Waals surface area contributed by atoms with Crippen molar-refractivity contribution in [3.8, 4) is 5.75 Å². The second-order valence-electron chi connectivity index (χ2n) is 6.04. The zero-order valence-corrected chi connectivity index (χ0v) is 13.9. The Morgan fingerprint density at radius 2 is 1.83 bits per heavy atom. The molecule has 3 rings (SSSR count). The van der Waals surface area contributed by atoms with Crippen LogP contribution in [0, 0.1) is 0 Å². The van der Waals surface area contributed by atoms with Gasteiger partial charge in [-0.3, -0.25) is 4.79 Å². The number of amides is 1. The van der Waals surface area contributed by atoms with Gasteiger partial charge in [-0.1, -0.05) is 48.5 Å². The van der Waals surface area contributed by atoms with E-state index in [1.54, 1.807) is 0 Å². The molecule has 1 N–H and O–H groups in total. The van der Waals surface area contributed by atoms with Crippen molar-refractivity contribution in [2.75, 3.05) is 19.6 Å². The SMILES string of the molecule is O=C1CCCN1CCNCc1ccccc1OCc1ccccc1. The third kappa shape index (κ3) is 4.59. The van der Waals surface area contributed by atoms with Crippen LogP contribution in [0.5, 0.6) is 5.75 Å². The van der Waals surface area contributed by atoms with Gasteiger partial charge in [0.2, 0.25) is 5.91 Å². The number of nitrogens with one attached hydrogen (secondary N) is 1. The molecule has 0 bridgehead atoms. The minimum atomic E-state index is 0.281. The zero-order chi connectivity index (χ0) is 16.6. The van der Waals surface area contributed by atoms with Crippen molar-refractivity contribution in [1.29, 1.82) is 0 Å². The normalized spacial score (nSPS) is 14.2. The summed E-state index contributed by atoms with van der Waals surface area (Å²) in [6, 6.07) is 18.3. The van der Waals surface area contributed by atoms with Gasteiger partial charge < -0.3 is 15.0 Å². The molecule has 2 aromatic carbocycles. The fourth-order valence-corrected chi connectivity index (χ4v) is 2.90. The molecule has 0 unspecified atom stereocenters. The lowest BCUT2D eigenvalue weighted by atomic mass is 10.2. The van der Waals surface area contributed by atoms with Crippen molar-refractivity contribution in [1.82, 2.24) is 10.2 Å². The van der Waals surface area contributed by atoms with Crippen LogP contribution >= 0.6 is 0 Å². The van der Waals surface area contributed by atoms with E-state index in [0.29, 0.717) is 13.0 Å². The number of carbonyl (C=O) groups excluding carboxylic acids is 1. The third-order valence-corrected chi connectivity index (χ3v) is 4.26. The Hall–Kier alpha value is -2.33. The summed E-state index contributed by atoms with van der Waals surface area (Å²) in [5.74, 6) is 1.19. The topological polar surface area (TPSA) is 41.6 Å². The molecule has 1 amide bonds. The van der Waals surface area contributed by atoms with E-state index in [4.69, 9.17) is 4.74 Å². The standard InChI is InChI=1S/C20H24N2O2/c23-20-11-6-13-22(20)14-12-21-15-18-9-4-5-10-19(18)24-16-17-7-2-1-3-8-17/h1-5,7-10,21H,6,11-16H2. The molecule has 126 valence electrons. The predicted octanol–water partition coefficient (Wildman–Crippen LogP) is 2.98. The summed E-state index contributed by atoms with van der Waals surface area (Å²) < 4.78 is 5.97. The molecule has 0 spiro atoms. The third-order valence-electron chi connectivity index (χ3n) is 4.26. The molecule has 0 saturated carbocycles. The van der Waals surface area contributed by atoms with Crippen LogP contribution in [-0.2, 0) is 17.9 Å². The van der Waals surface area contributed by atoms with Gasteiger partial charge in [-0.15, -0.1) is 0 Å². The van der Waals surface area contributed by atoms with Crippen molar-refractivity contribution in [3.05, 3.63) is 65.7 Å². The number of hydrogen-bond acceptors (Lipinski definition) is 3. The highest BCUT2D eigenvalue weighted by atomic mass is 16.5. The van der Waals surface area contributed by atoms with Crippen LogP contribution in [0.4, 0.5) is 0 Å². The Kier molecular flexibility index (Phi) is 5.85. The van der Waals surface area contributed by atoms with E-state index in [1.807, 2.05) is 41.3 Å². The van der Waals surface area contributed by atoms with Crippen LogP contribution in [0.25, 0.3) is 0 Å². The summed E-state index contributed by atoms with van der Waals surface area (Å²) >= 11 is 0. The maximum Gasteiger partial charge on any atom is 0.222 e. The average Bonchev–Trinajstić information content (AvgIpc) is 3.03. The lowest BCUT2D eigenvalue weighted by molar-refractivity contribution is -0.127. The summed E-state index contributed by atoms with van der Waals surface area (Å²) in [5, 5.41) is 3.41. The Balaban J connectivity index is 1.47. The van der Waals surface area contributed by atoms with Gasteiger partial charge in [0, 0.05) is 38.2 Å². The van der Waals surface area contributed by atoms with Crippen LogP contribution in [0.1, 0.15) is 24.0 Å². The van der Waals surface area contributed by atoms with E-state index in [2.05, 4.69) is 23.5 Å². The molecular formula is C20H24N2O2. The monoisotopic (exact) mass is 324 g/mol. The minimum absolute atomic E-state index is 0.281. The Labute approximate surface area is 143 Å². The molecule has 0 radical (unpaired) electrons. The van der Waals surface area contributed by atoms with E-state index >= 15 is 0 Å². The van der Waals surface area contributed by atoms with Gasteiger partial charge in [-0.05, 0) is 18.1 Å². The van der Waals surface area contributed by atoms with Crippen LogP contribution in [0.3, 0.4) is 0 Å². The zero-order valence-electron chi connectivity index (χ0n) is 13.9.